The number of benzene rings is 1. The molecule has 0 fully saturated rings. The van der Waals surface area contributed by atoms with Gasteiger partial charge in [0.1, 0.15) is 5.82 Å². The van der Waals surface area contributed by atoms with Crippen molar-refractivity contribution in [3.05, 3.63) is 47.3 Å². The highest BCUT2D eigenvalue weighted by Gasteiger charge is 2.16. The van der Waals surface area contributed by atoms with E-state index < -0.39 is 0 Å². The molecule has 0 saturated carbocycles. The number of hydrogen-bond donors (Lipinski definition) is 2. The summed E-state index contributed by atoms with van der Waals surface area (Å²) in [7, 11) is 0. The zero-order chi connectivity index (χ0) is 12.0. The maximum Gasteiger partial charge on any atom is 0.129 e. The molecule has 0 saturated heterocycles. The quantitative estimate of drug-likeness (QED) is 0.348. The molecule has 16 heavy (non-hydrogen) atoms. The van der Waals surface area contributed by atoms with Gasteiger partial charge in [0.2, 0.25) is 0 Å². The van der Waals surface area contributed by atoms with Gasteiger partial charge < -0.3 is 0 Å². The Morgan fingerprint density at radius 3 is 2.88 bits per heavy atom. The van der Waals surface area contributed by atoms with E-state index in [0.717, 1.165) is 19.3 Å². The Morgan fingerprint density at radius 2 is 2.31 bits per heavy atom. The normalized spacial score (nSPS) is 12.4. The van der Waals surface area contributed by atoms with Crippen LogP contribution < -0.4 is 11.3 Å². The number of hydrazine groups is 1. The highest BCUT2D eigenvalue weighted by Crippen LogP contribution is 2.28. The van der Waals surface area contributed by atoms with Gasteiger partial charge in [-0.2, -0.15) is 0 Å². The Labute approximate surface area is 100 Å². The first-order valence-corrected chi connectivity index (χ1v) is 5.59. The molecule has 3 N–H and O–H groups in total. The average molecular weight is 243 g/mol. The van der Waals surface area contributed by atoms with Crippen molar-refractivity contribution in [3.8, 4) is 0 Å². The minimum atomic E-state index is -0.325. The van der Waals surface area contributed by atoms with Gasteiger partial charge in [-0.1, -0.05) is 23.7 Å². The molecule has 0 bridgehead atoms. The van der Waals surface area contributed by atoms with Gasteiger partial charge in [0, 0.05) is 10.6 Å². The van der Waals surface area contributed by atoms with E-state index in [0.29, 0.717) is 10.6 Å². The summed E-state index contributed by atoms with van der Waals surface area (Å²) in [6, 6.07) is 4.38. The molecule has 1 atom stereocenters. The maximum absolute atomic E-state index is 13.6. The fourth-order valence-corrected chi connectivity index (χ4v) is 1.92. The fourth-order valence-electron chi connectivity index (χ4n) is 1.62. The van der Waals surface area contributed by atoms with E-state index in [1.165, 1.54) is 6.07 Å². The third-order valence-electron chi connectivity index (χ3n) is 2.45. The second kappa shape index (κ2) is 6.63. The minimum absolute atomic E-state index is 0.256. The van der Waals surface area contributed by atoms with Crippen LogP contribution in [0.2, 0.25) is 5.02 Å². The lowest BCUT2D eigenvalue weighted by Gasteiger charge is -2.17. The Bertz CT molecular complexity index is 335. The van der Waals surface area contributed by atoms with Crippen LogP contribution in [0.1, 0.15) is 30.9 Å². The highest BCUT2D eigenvalue weighted by molar-refractivity contribution is 6.31. The smallest absolute Gasteiger partial charge is 0.129 e. The Morgan fingerprint density at radius 1 is 1.56 bits per heavy atom. The highest BCUT2D eigenvalue weighted by atomic mass is 35.5. The summed E-state index contributed by atoms with van der Waals surface area (Å²) in [6.07, 6.45) is 4.33. The molecule has 1 aromatic rings. The third kappa shape index (κ3) is 3.30. The average Bonchev–Trinajstić information content (AvgIpc) is 2.26. The second-order valence-corrected chi connectivity index (χ2v) is 3.98. The fraction of sp³-hybridized carbons (Fsp3) is 0.333. The van der Waals surface area contributed by atoms with Crippen LogP contribution in [0.5, 0.6) is 0 Å². The van der Waals surface area contributed by atoms with Crippen LogP contribution >= 0.6 is 11.6 Å². The SMILES string of the molecule is C=CCCCC(NN)c1c(F)cccc1Cl. The predicted molar refractivity (Wildman–Crippen MR) is 65.5 cm³/mol. The van der Waals surface area contributed by atoms with Crippen LogP contribution in [0.25, 0.3) is 0 Å². The molecule has 0 aliphatic heterocycles. The number of hydrogen-bond acceptors (Lipinski definition) is 2. The number of rotatable bonds is 6. The van der Waals surface area contributed by atoms with Gasteiger partial charge in [-0.3, -0.25) is 11.3 Å². The van der Waals surface area contributed by atoms with Gasteiger partial charge in [-0.15, -0.1) is 6.58 Å². The van der Waals surface area contributed by atoms with Crippen LogP contribution in [-0.2, 0) is 0 Å². The lowest BCUT2D eigenvalue weighted by atomic mass is 10.0. The molecular formula is C12H16ClFN2. The van der Waals surface area contributed by atoms with E-state index in [1.807, 2.05) is 6.08 Å². The van der Waals surface area contributed by atoms with E-state index in [2.05, 4.69) is 12.0 Å². The van der Waals surface area contributed by atoms with Crippen LogP contribution in [0, 0.1) is 5.82 Å². The first-order valence-electron chi connectivity index (χ1n) is 5.21. The first kappa shape index (κ1) is 13.2. The van der Waals surface area contributed by atoms with Crippen molar-refractivity contribution >= 4 is 11.6 Å². The van der Waals surface area contributed by atoms with Crippen LogP contribution in [-0.4, -0.2) is 0 Å². The number of halogens is 2. The molecule has 2 nitrogen and oxygen atoms in total. The van der Waals surface area contributed by atoms with Crippen molar-refractivity contribution in [2.24, 2.45) is 5.84 Å². The molecule has 0 amide bonds. The molecule has 1 aromatic carbocycles. The van der Waals surface area contributed by atoms with Crippen molar-refractivity contribution < 1.29 is 4.39 Å². The monoisotopic (exact) mass is 242 g/mol. The van der Waals surface area contributed by atoms with E-state index in [4.69, 9.17) is 17.4 Å². The lowest BCUT2D eigenvalue weighted by molar-refractivity contribution is 0.474. The zero-order valence-corrected chi connectivity index (χ0v) is 9.80. The summed E-state index contributed by atoms with van der Waals surface area (Å²) in [5.41, 5.74) is 3.04. The summed E-state index contributed by atoms with van der Waals surface area (Å²) in [4.78, 5) is 0. The van der Waals surface area contributed by atoms with E-state index in [-0.39, 0.29) is 11.9 Å². The molecule has 88 valence electrons. The minimum Gasteiger partial charge on any atom is -0.271 e. The summed E-state index contributed by atoms with van der Waals surface area (Å²) < 4.78 is 13.6. The van der Waals surface area contributed by atoms with Gasteiger partial charge in [0.05, 0.1) is 6.04 Å². The molecule has 4 heteroatoms. The molecule has 0 aromatic heterocycles. The second-order valence-electron chi connectivity index (χ2n) is 3.57. The topological polar surface area (TPSA) is 38.0 Å². The molecule has 0 radical (unpaired) electrons. The van der Waals surface area contributed by atoms with E-state index in [9.17, 15) is 4.39 Å². The molecular weight excluding hydrogens is 227 g/mol. The largest absolute Gasteiger partial charge is 0.271 e. The Balaban J connectivity index is 2.81. The van der Waals surface area contributed by atoms with E-state index >= 15 is 0 Å². The number of unbranched alkanes of at least 4 members (excludes halogenated alkanes) is 1. The van der Waals surface area contributed by atoms with Crippen LogP contribution in [0.15, 0.2) is 30.9 Å². The van der Waals surface area contributed by atoms with Gasteiger partial charge in [-0.25, -0.2) is 4.39 Å². The maximum atomic E-state index is 13.6. The van der Waals surface area contributed by atoms with Gasteiger partial charge >= 0.3 is 0 Å². The van der Waals surface area contributed by atoms with Crippen molar-refractivity contribution in [2.45, 2.75) is 25.3 Å². The Hall–Kier alpha value is -0.900. The molecule has 1 unspecified atom stereocenters. The Kier molecular flexibility index (Phi) is 5.46. The van der Waals surface area contributed by atoms with Gasteiger partial charge in [-0.05, 0) is 31.4 Å². The molecule has 0 aliphatic carbocycles. The van der Waals surface area contributed by atoms with Crippen molar-refractivity contribution in [1.29, 1.82) is 0 Å². The van der Waals surface area contributed by atoms with E-state index in [1.54, 1.807) is 12.1 Å². The number of allylic oxidation sites excluding steroid dienone is 1. The standard InChI is InChI=1S/C12H16ClFN2/c1-2-3-4-8-11(16-15)12-9(13)6-5-7-10(12)14/h2,5-7,11,16H,1,3-4,8,15H2. The van der Waals surface area contributed by atoms with Crippen LogP contribution in [0.3, 0.4) is 0 Å². The predicted octanol–water partition coefficient (Wildman–Crippen LogP) is 3.34. The van der Waals surface area contributed by atoms with Crippen molar-refractivity contribution in [3.63, 3.8) is 0 Å². The van der Waals surface area contributed by atoms with Crippen molar-refractivity contribution in [2.75, 3.05) is 0 Å². The molecule has 1 rings (SSSR count). The number of nitrogens with one attached hydrogen (secondary N) is 1. The van der Waals surface area contributed by atoms with Gasteiger partial charge in [0.25, 0.3) is 0 Å². The summed E-state index contributed by atoms with van der Waals surface area (Å²) in [6.45, 7) is 3.64. The first-order chi connectivity index (χ1) is 7.70. The molecule has 0 spiro atoms. The van der Waals surface area contributed by atoms with Crippen molar-refractivity contribution in [1.82, 2.24) is 5.43 Å². The summed E-state index contributed by atoms with van der Waals surface area (Å²) in [5.74, 6) is 5.10. The zero-order valence-electron chi connectivity index (χ0n) is 9.05. The molecule has 0 aliphatic rings. The third-order valence-corrected chi connectivity index (χ3v) is 2.78. The molecule has 0 heterocycles. The van der Waals surface area contributed by atoms with Gasteiger partial charge in [0.15, 0.2) is 0 Å². The summed E-state index contributed by atoms with van der Waals surface area (Å²) >= 11 is 5.96. The summed E-state index contributed by atoms with van der Waals surface area (Å²) in [5, 5.41) is 0.404. The van der Waals surface area contributed by atoms with Crippen LogP contribution in [0.4, 0.5) is 4.39 Å². The lowest BCUT2D eigenvalue weighted by Crippen LogP contribution is -2.29. The number of nitrogens with two attached hydrogens (primary N) is 1.